The van der Waals surface area contributed by atoms with Crippen molar-refractivity contribution in [3.05, 3.63) is 57.7 Å². The van der Waals surface area contributed by atoms with Crippen molar-refractivity contribution in [3.8, 4) is 0 Å². The molecule has 126 valence electrons. The van der Waals surface area contributed by atoms with Crippen molar-refractivity contribution >= 4 is 57.5 Å². The molecule has 24 heavy (non-hydrogen) atoms. The molecule has 0 saturated carbocycles. The van der Waals surface area contributed by atoms with Crippen LogP contribution in [0, 0.1) is 10.5 Å². The Labute approximate surface area is 159 Å². The minimum Gasteiger partial charge on any atom is -0.325 e. The van der Waals surface area contributed by atoms with Crippen LogP contribution in [-0.4, -0.2) is 22.8 Å². The van der Waals surface area contributed by atoms with Crippen LogP contribution in [0.3, 0.4) is 0 Å². The fraction of sp³-hybridized carbons (Fsp3) is 0.222. The summed E-state index contributed by atoms with van der Waals surface area (Å²) in [6, 6.07) is 15.2. The quantitative estimate of drug-likeness (QED) is 0.641. The molecule has 0 aliphatic carbocycles. The summed E-state index contributed by atoms with van der Waals surface area (Å²) in [6.07, 6.45) is 0. The van der Waals surface area contributed by atoms with E-state index in [-0.39, 0.29) is 22.8 Å². The van der Waals surface area contributed by atoms with Gasteiger partial charge in [-0.15, -0.1) is 11.8 Å². The Hall–Kier alpha value is -1.54. The molecule has 0 saturated heterocycles. The van der Waals surface area contributed by atoms with E-state index in [4.69, 9.17) is 0 Å². The third-order valence-corrected chi connectivity index (χ3v) is 5.08. The van der Waals surface area contributed by atoms with Gasteiger partial charge in [0.05, 0.1) is 11.0 Å². The van der Waals surface area contributed by atoms with E-state index < -0.39 is 0 Å². The summed E-state index contributed by atoms with van der Waals surface area (Å²) in [4.78, 5) is 24.1. The number of hydrogen-bond acceptors (Lipinski definition) is 3. The van der Waals surface area contributed by atoms with E-state index >= 15 is 0 Å². The molecule has 1 unspecified atom stereocenters. The van der Waals surface area contributed by atoms with E-state index in [2.05, 4.69) is 33.2 Å². The van der Waals surface area contributed by atoms with E-state index in [0.717, 1.165) is 20.5 Å². The zero-order valence-corrected chi connectivity index (χ0v) is 16.5. The van der Waals surface area contributed by atoms with Crippen LogP contribution >= 0.6 is 34.4 Å². The third-order valence-electron chi connectivity index (χ3n) is 3.26. The Kier molecular flexibility index (Phi) is 7.11. The van der Waals surface area contributed by atoms with Crippen molar-refractivity contribution in [2.45, 2.75) is 19.1 Å². The van der Waals surface area contributed by atoms with Crippen LogP contribution < -0.4 is 10.6 Å². The minimum atomic E-state index is -0.313. The minimum absolute atomic E-state index is 0.106. The molecule has 1 atom stereocenters. The van der Waals surface area contributed by atoms with Gasteiger partial charge in [-0.1, -0.05) is 23.8 Å². The zero-order valence-electron chi connectivity index (χ0n) is 13.5. The second kappa shape index (κ2) is 9.08. The van der Waals surface area contributed by atoms with Crippen molar-refractivity contribution < 1.29 is 9.59 Å². The van der Waals surface area contributed by atoms with Gasteiger partial charge >= 0.3 is 0 Å². The lowest BCUT2D eigenvalue weighted by Gasteiger charge is -2.12. The monoisotopic (exact) mass is 454 g/mol. The van der Waals surface area contributed by atoms with Crippen LogP contribution in [-0.2, 0) is 9.59 Å². The normalized spacial score (nSPS) is 11.6. The molecule has 0 aliphatic heterocycles. The number of hydrogen-bond donors (Lipinski definition) is 2. The summed E-state index contributed by atoms with van der Waals surface area (Å²) >= 11 is 3.51. The molecule has 0 spiro atoms. The Morgan fingerprint density at radius 1 is 1.08 bits per heavy atom. The fourth-order valence-electron chi connectivity index (χ4n) is 1.92. The molecule has 0 heterocycles. The molecule has 0 aromatic heterocycles. The van der Waals surface area contributed by atoms with Gasteiger partial charge in [-0.2, -0.15) is 0 Å². The van der Waals surface area contributed by atoms with Crippen LogP contribution in [0.25, 0.3) is 0 Å². The highest BCUT2D eigenvalue weighted by Gasteiger charge is 2.15. The van der Waals surface area contributed by atoms with E-state index in [9.17, 15) is 9.59 Å². The maximum absolute atomic E-state index is 12.2. The number of carbonyl (C=O) groups excluding carboxylic acids is 2. The second-order valence-electron chi connectivity index (χ2n) is 5.37. The fourth-order valence-corrected chi connectivity index (χ4v) is 3.15. The van der Waals surface area contributed by atoms with Crippen LogP contribution in [0.5, 0.6) is 0 Å². The summed E-state index contributed by atoms with van der Waals surface area (Å²) in [7, 11) is 0. The number of amides is 2. The third kappa shape index (κ3) is 6.16. The number of rotatable bonds is 6. The lowest BCUT2D eigenvalue weighted by molar-refractivity contribution is -0.115. The predicted octanol–water partition coefficient (Wildman–Crippen LogP) is 4.30. The molecule has 0 fully saturated rings. The van der Waals surface area contributed by atoms with Crippen LogP contribution in [0.4, 0.5) is 11.4 Å². The number of thioether (sulfide) groups is 1. The maximum Gasteiger partial charge on any atom is 0.237 e. The Bertz CT molecular complexity index is 719. The molecule has 6 heteroatoms. The number of halogens is 1. The molecule has 2 aromatic rings. The topological polar surface area (TPSA) is 58.2 Å². The first-order chi connectivity index (χ1) is 11.4. The number of aryl methyl sites for hydroxylation is 1. The molecular weight excluding hydrogens is 435 g/mol. The predicted molar refractivity (Wildman–Crippen MR) is 110 cm³/mol. The van der Waals surface area contributed by atoms with Gasteiger partial charge in [-0.3, -0.25) is 9.59 Å². The molecule has 0 bridgehead atoms. The van der Waals surface area contributed by atoms with Gasteiger partial charge in [0.2, 0.25) is 11.8 Å². The average Bonchev–Trinajstić information content (AvgIpc) is 2.54. The van der Waals surface area contributed by atoms with Gasteiger partial charge in [0.1, 0.15) is 0 Å². The van der Waals surface area contributed by atoms with Gasteiger partial charge in [0.25, 0.3) is 0 Å². The molecule has 2 rings (SSSR count). The summed E-state index contributed by atoms with van der Waals surface area (Å²) in [5, 5.41) is 5.38. The summed E-state index contributed by atoms with van der Waals surface area (Å²) < 4.78 is 1.06. The highest BCUT2D eigenvalue weighted by Crippen LogP contribution is 2.17. The molecule has 2 aromatic carbocycles. The van der Waals surface area contributed by atoms with Crippen LogP contribution in [0.2, 0.25) is 0 Å². The van der Waals surface area contributed by atoms with E-state index in [1.165, 1.54) is 11.8 Å². The van der Waals surface area contributed by atoms with Crippen LogP contribution in [0.1, 0.15) is 12.5 Å². The highest BCUT2D eigenvalue weighted by atomic mass is 127. The zero-order chi connectivity index (χ0) is 17.5. The molecule has 2 N–H and O–H groups in total. The van der Waals surface area contributed by atoms with Gasteiger partial charge in [0, 0.05) is 14.9 Å². The number of benzene rings is 2. The van der Waals surface area contributed by atoms with Gasteiger partial charge in [0.15, 0.2) is 0 Å². The number of nitrogens with one attached hydrogen (secondary N) is 2. The first kappa shape index (κ1) is 18.8. The number of carbonyl (C=O) groups is 2. The van der Waals surface area contributed by atoms with Crippen molar-refractivity contribution in [3.63, 3.8) is 0 Å². The highest BCUT2D eigenvalue weighted by molar-refractivity contribution is 14.1. The average molecular weight is 454 g/mol. The molecule has 0 radical (unpaired) electrons. The lowest BCUT2D eigenvalue weighted by atomic mass is 10.2. The second-order valence-corrected chi connectivity index (χ2v) is 7.94. The van der Waals surface area contributed by atoms with Crippen molar-refractivity contribution in [2.24, 2.45) is 0 Å². The van der Waals surface area contributed by atoms with Gasteiger partial charge in [-0.05, 0) is 66.8 Å². The Balaban J connectivity index is 1.79. The van der Waals surface area contributed by atoms with Gasteiger partial charge in [-0.25, -0.2) is 0 Å². The maximum atomic E-state index is 12.2. The largest absolute Gasteiger partial charge is 0.325 e. The summed E-state index contributed by atoms with van der Waals surface area (Å²) in [6.45, 7) is 3.79. The number of anilines is 2. The van der Waals surface area contributed by atoms with Crippen molar-refractivity contribution in [2.75, 3.05) is 16.4 Å². The standard InChI is InChI=1S/C18H19IN2O2S/c1-12-6-8-15(9-7-12)20-17(22)11-24-13(2)18(23)21-16-5-3-4-14(19)10-16/h3-10,13H,11H2,1-2H3,(H,20,22)(H,21,23). The molecule has 2 amide bonds. The SMILES string of the molecule is Cc1ccc(NC(=O)CSC(C)C(=O)Nc2cccc(I)c2)cc1. The smallest absolute Gasteiger partial charge is 0.237 e. The lowest BCUT2D eigenvalue weighted by Crippen LogP contribution is -2.25. The Morgan fingerprint density at radius 2 is 1.79 bits per heavy atom. The molecular formula is C18H19IN2O2S. The first-order valence-corrected chi connectivity index (χ1v) is 9.61. The first-order valence-electron chi connectivity index (χ1n) is 7.48. The molecule has 4 nitrogen and oxygen atoms in total. The van der Waals surface area contributed by atoms with E-state index in [1.807, 2.05) is 55.5 Å². The van der Waals surface area contributed by atoms with E-state index in [1.54, 1.807) is 6.92 Å². The van der Waals surface area contributed by atoms with Crippen LogP contribution in [0.15, 0.2) is 48.5 Å². The Morgan fingerprint density at radius 3 is 2.46 bits per heavy atom. The molecule has 0 aliphatic rings. The van der Waals surface area contributed by atoms with Crippen molar-refractivity contribution in [1.29, 1.82) is 0 Å². The summed E-state index contributed by atoms with van der Waals surface area (Å²) in [5.74, 6) is 0.0114. The van der Waals surface area contributed by atoms with E-state index in [0.29, 0.717) is 0 Å². The summed E-state index contributed by atoms with van der Waals surface area (Å²) in [5.41, 5.74) is 2.67. The van der Waals surface area contributed by atoms with Gasteiger partial charge < -0.3 is 10.6 Å². The van der Waals surface area contributed by atoms with Crippen molar-refractivity contribution in [1.82, 2.24) is 0 Å².